The summed E-state index contributed by atoms with van der Waals surface area (Å²) in [5.41, 5.74) is 4.23. The summed E-state index contributed by atoms with van der Waals surface area (Å²) in [6.07, 6.45) is 13.4. The number of fused-ring (bicyclic) bond motifs is 4. The predicted octanol–water partition coefficient (Wildman–Crippen LogP) is 8.13. The van der Waals surface area contributed by atoms with E-state index in [1.165, 1.54) is 0 Å². The first-order valence-corrected chi connectivity index (χ1v) is 14.1. The molecule has 38 heavy (non-hydrogen) atoms. The summed E-state index contributed by atoms with van der Waals surface area (Å²) in [4.78, 5) is 8.66. The molecule has 0 amide bonds. The molecule has 0 spiro atoms. The van der Waals surface area contributed by atoms with E-state index in [1.54, 1.807) is 12.4 Å². The Balaban J connectivity index is 1.10. The summed E-state index contributed by atoms with van der Waals surface area (Å²) in [5, 5.41) is 6.46. The molecule has 0 saturated heterocycles. The molecule has 8 rings (SSSR count). The first-order valence-electron chi connectivity index (χ1n) is 13.3. The second-order valence-corrected chi connectivity index (χ2v) is 11.8. The Bertz CT molecular complexity index is 1550. The lowest BCUT2D eigenvalue weighted by atomic mass is 9.59. The number of pyridine rings is 2. The summed E-state index contributed by atoms with van der Waals surface area (Å²) in [6, 6.07) is 10.3. The second kappa shape index (κ2) is 9.38. The van der Waals surface area contributed by atoms with Crippen molar-refractivity contribution in [3.05, 3.63) is 75.9 Å². The van der Waals surface area contributed by atoms with Crippen molar-refractivity contribution in [2.24, 2.45) is 5.41 Å². The van der Waals surface area contributed by atoms with Gasteiger partial charge in [-0.2, -0.15) is 0 Å². The van der Waals surface area contributed by atoms with Gasteiger partial charge in [0.1, 0.15) is 11.5 Å². The van der Waals surface area contributed by atoms with Crippen molar-refractivity contribution in [3.63, 3.8) is 0 Å². The Morgan fingerprint density at radius 1 is 0.974 bits per heavy atom. The molecule has 5 nitrogen and oxygen atoms in total. The number of halogens is 2. The molecular weight excluding hydrogens is 517 g/mol. The summed E-state index contributed by atoms with van der Waals surface area (Å²) in [5.74, 6) is 8.50. The number of aromatic nitrogens is 3. The third kappa shape index (κ3) is 4.29. The largest absolute Gasteiger partial charge is 0.370 e. The molecule has 3 aromatic heterocycles. The molecule has 0 radical (unpaired) electrons. The van der Waals surface area contributed by atoms with Crippen LogP contribution in [0.25, 0.3) is 22.2 Å². The van der Waals surface area contributed by atoms with Crippen molar-refractivity contribution < 1.29 is 9.26 Å². The standard InChI is InChI=1S/C31H27Cl2N3O2/c32-24-17-34-18-25(33)26(24)28-23(29(38-36-28)22-6-7-22)19-37-31-13-10-30(11-14-31,12-15-31)9-8-21-4-1-3-20-5-2-16-35-27(20)21/h1-5,16-18,22H,6-7,10-15,19H2. The zero-order chi connectivity index (χ0) is 25.7. The van der Waals surface area contributed by atoms with E-state index >= 15 is 0 Å². The normalized spacial score (nSPS) is 24.4. The third-order valence-electron chi connectivity index (χ3n) is 8.65. The van der Waals surface area contributed by atoms with E-state index in [9.17, 15) is 0 Å². The molecule has 2 bridgehead atoms. The van der Waals surface area contributed by atoms with E-state index in [2.05, 4.69) is 51.2 Å². The predicted molar refractivity (Wildman–Crippen MR) is 148 cm³/mol. The molecule has 4 fully saturated rings. The Hall–Kier alpha value is -2.91. The third-order valence-corrected chi connectivity index (χ3v) is 9.23. The molecule has 4 aromatic rings. The Morgan fingerprint density at radius 2 is 1.71 bits per heavy atom. The highest BCUT2D eigenvalue weighted by Crippen LogP contribution is 2.54. The van der Waals surface area contributed by atoms with Gasteiger partial charge < -0.3 is 9.26 Å². The van der Waals surface area contributed by atoms with Crippen LogP contribution in [-0.2, 0) is 11.3 Å². The van der Waals surface area contributed by atoms with Gasteiger partial charge in [0.2, 0.25) is 0 Å². The van der Waals surface area contributed by atoms with Crippen LogP contribution in [0.2, 0.25) is 10.0 Å². The van der Waals surface area contributed by atoms with Crippen molar-refractivity contribution in [1.82, 2.24) is 15.1 Å². The van der Waals surface area contributed by atoms with Crippen molar-refractivity contribution in [2.75, 3.05) is 0 Å². The summed E-state index contributed by atoms with van der Waals surface area (Å²) < 4.78 is 12.6. The lowest BCUT2D eigenvalue weighted by molar-refractivity contribution is -0.131. The smallest absolute Gasteiger partial charge is 0.145 e. The van der Waals surface area contributed by atoms with Crippen LogP contribution in [0.1, 0.15) is 74.2 Å². The number of rotatable bonds is 5. The first-order chi connectivity index (χ1) is 18.5. The average Bonchev–Trinajstić information content (AvgIpc) is 3.72. The van der Waals surface area contributed by atoms with Crippen LogP contribution in [-0.4, -0.2) is 20.7 Å². The Morgan fingerprint density at radius 3 is 2.45 bits per heavy atom. The molecular formula is C31H27Cl2N3O2. The molecule has 0 N–H and O–H groups in total. The number of ether oxygens (including phenoxy) is 1. The minimum atomic E-state index is -0.133. The van der Waals surface area contributed by atoms with Gasteiger partial charge in [0.25, 0.3) is 0 Å². The number of para-hydroxylation sites is 1. The van der Waals surface area contributed by atoms with Gasteiger partial charge in [0.05, 0.1) is 33.3 Å². The minimum absolute atomic E-state index is 0.0572. The monoisotopic (exact) mass is 543 g/mol. The first kappa shape index (κ1) is 24.2. The zero-order valence-electron chi connectivity index (χ0n) is 21.0. The van der Waals surface area contributed by atoms with Gasteiger partial charge in [-0.15, -0.1) is 0 Å². The quantitative estimate of drug-likeness (QED) is 0.238. The fourth-order valence-electron chi connectivity index (χ4n) is 6.15. The van der Waals surface area contributed by atoms with E-state index < -0.39 is 0 Å². The van der Waals surface area contributed by atoms with Crippen LogP contribution < -0.4 is 0 Å². The maximum Gasteiger partial charge on any atom is 0.145 e. The van der Waals surface area contributed by atoms with Gasteiger partial charge in [-0.3, -0.25) is 9.97 Å². The van der Waals surface area contributed by atoms with Crippen LogP contribution in [0.15, 0.2) is 53.4 Å². The molecule has 3 heterocycles. The Labute approximate surface area is 231 Å². The van der Waals surface area contributed by atoms with Gasteiger partial charge >= 0.3 is 0 Å². The van der Waals surface area contributed by atoms with Crippen LogP contribution in [0, 0.1) is 17.3 Å². The Kier molecular flexibility index (Phi) is 5.96. The highest BCUT2D eigenvalue weighted by Gasteiger charge is 2.49. The van der Waals surface area contributed by atoms with Gasteiger partial charge in [0.15, 0.2) is 0 Å². The maximum atomic E-state index is 6.77. The molecule has 0 atom stereocenters. The maximum absolute atomic E-state index is 6.77. The molecule has 4 aliphatic carbocycles. The summed E-state index contributed by atoms with van der Waals surface area (Å²) in [6.45, 7) is 0.444. The van der Waals surface area contributed by atoms with Crippen molar-refractivity contribution >= 4 is 34.1 Å². The second-order valence-electron chi connectivity index (χ2n) is 11.0. The topological polar surface area (TPSA) is 61.0 Å². The number of hydrogen-bond acceptors (Lipinski definition) is 5. The molecule has 0 aliphatic heterocycles. The summed E-state index contributed by atoms with van der Waals surface area (Å²) in [7, 11) is 0. The van der Waals surface area contributed by atoms with Crippen molar-refractivity contribution in [3.8, 4) is 23.1 Å². The number of benzene rings is 1. The highest BCUT2D eigenvalue weighted by atomic mass is 35.5. The molecule has 4 aliphatic rings. The van der Waals surface area contributed by atoms with Crippen molar-refractivity contribution in [2.45, 2.75) is 69.5 Å². The molecule has 0 unspecified atom stereocenters. The molecule has 4 saturated carbocycles. The lowest BCUT2D eigenvalue weighted by Gasteiger charge is -2.51. The van der Waals surface area contributed by atoms with E-state index in [0.29, 0.717) is 33.8 Å². The van der Waals surface area contributed by atoms with Crippen LogP contribution >= 0.6 is 23.2 Å². The number of nitrogens with zero attached hydrogens (tertiary/aromatic N) is 3. The van der Waals surface area contributed by atoms with Gasteiger partial charge in [-0.1, -0.05) is 58.4 Å². The van der Waals surface area contributed by atoms with Crippen molar-refractivity contribution in [1.29, 1.82) is 0 Å². The van der Waals surface area contributed by atoms with E-state index in [-0.39, 0.29) is 11.0 Å². The van der Waals surface area contributed by atoms with Crippen LogP contribution in [0.3, 0.4) is 0 Å². The average molecular weight is 544 g/mol. The fourth-order valence-corrected chi connectivity index (χ4v) is 6.69. The molecule has 192 valence electrons. The van der Waals surface area contributed by atoms with E-state index in [4.69, 9.17) is 32.5 Å². The van der Waals surface area contributed by atoms with E-state index in [0.717, 1.165) is 79.2 Å². The molecule has 7 heteroatoms. The molecule has 1 aromatic carbocycles. The fraction of sp³-hybridized carbons (Fsp3) is 0.387. The van der Waals surface area contributed by atoms with Gasteiger partial charge in [0, 0.05) is 46.4 Å². The lowest BCUT2D eigenvalue weighted by Crippen LogP contribution is -2.47. The van der Waals surface area contributed by atoms with Crippen LogP contribution in [0.4, 0.5) is 0 Å². The van der Waals surface area contributed by atoms with Gasteiger partial charge in [-0.05, 0) is 63.5 Å². The SMILES string of the molecule is Clc1cncc(Cl)c1-c1noc(C2CC2)c1COC12CCC(C#Cc3cccc4cccnc34)(CC1)CC2. The van der Waals surface area contributed by atoms with Crippen LogP contribution in [0.5, 0.6) is 0 Å². The highest BCUT2D eigenvalue weighted by molar-refractivity contribution is 6.38. The minimum Gasteiger partial charge on any atom is -0.370 e. The van der Waals surface area contributed by atoms with E-state index in [1.807, 2.05) is 12.3 Å². The van der Waals surface area contributed by atoms with Gasteiger partial charge in [-0.25, -0.2) is 0 Å². The number of hydrogen-bond donors (Lipinski definition) is 0. The zero-order valence-corrected chi connectivity index (χ0v) is 22.5. The summed E-state index contributed by atoms with van der Waals surface area (Å²) >= 11 is 13.0.